The first kappa shape index (κ1) is 12.6. The van der Waals surface area contributed by atoms with Crippen LogP contribution in [0, 0.1) is 0 Å². The lowest BCUT2D eigenvalue weighted by atomic mass is 10.2. The average molecular weight is 252 g/mol. The molecule has 0 aromatic carbocycles. The molecule has 2 unspecified atom stereocenters. The Labute approximate surface area is 107 Å². The van der Waals surface area contributed by atoms with E-state index in [2.05, 4.69) is 16.6 Å². The van der Waals surface area contributed by atoms with Crippen molar-refractivity contribution in [2.45, 2.75) is 37.5 Å². The van der Waals surface area contributed by atoms with Gasteiger partial charge in [0, 0.05) is 17.4 Å². The Morgan fingerprint density at radius 1 is 1.47 bits per heavy atom. The molecule has 1 saturated carbocycles. The van der Waals surface area contributed by atoms with Crippen LogP contribution in [-0.2, 0) is 0 Å². The van der Waals surface area contributed by atoms with Gasteiger partial charge in [0.05, 0.1) is 6.61 Å². The maximum absolute atomic E-state index is 5.41. The Hall–Kier alpha value is -0.900. The van der Waals surface area contributed by atoms with E-state index in [1.165, 1.54) is 19.3 Å². The van der Waals surface area contributed by atoms with E-state index in [-0.39, 0.29) is 0 Å². The predicted molar refractivity (Wildman–Crippen MR) is 74.0 cm³/mol. The molecular formula is C13H20N2OS. The normalized spacial score (nSPS) is 23.6. The van der Waals surface area contributed by atoms with Crippen LogP contribution in [0.25, 0.3) is 0 Å². The molecule has 1 aliphatic carbocycles. The molecule has 1 aromatic heterocycles. The summed E-state index contributed by atoms with van der Waals surface area (Å²) in [4.78, 5) is 4.45. The highest BCUT2D eigenvalue weighted by atomic mass is 32.2. The lowest BCUT2D eigenvalue weighted by molar-refractivity contribution is 0.327. The highest BCUT2D eigenvalue weighted by molar-refractivity contribution is 7.99. The van der Waals surface area contributed by atoms with Crippen LogP contribution in [0.5, 0.6) is 5.88 Å². The van der Waals surface area contributed by atoms with Gasteiger partial charge in [-0.2, -0.15) is 16.7 Å². The van der Waals surface area contributed by atoms with Crippen LogP contribution in [0.1, 0.15) is 26.2 Å². The van der Waals surface area contributed by atoms with E-state index in [0.29, 0.717) is 23.8 Å². The molecule has 0 spiro atoms. The zero-order chi connectivity index (χ0) is 12.1. The minimum absolute atomic E-state index is 0.550. The second-order valence-electron chi connectivity index (χ2n) is 4.25. The molecule has 2 rings (SSSR count). The number of thioether (sulfide) groups is 1. The van der Waals surface area contributed by atoms with E-state index >= 15 is 0 Å². The molecule has 1 heterocycles. The second-order valence-corrected chi connectivity index (χ2v) is 5.33. The molecule has 1 aromatic rings. The second kappa shape index (κ2) is 6.15. The van der Waals surface area contributed by atoms with Crippen molar-refractivity contribution in [1.82, 2.24) is 4.98 Å². The molecule has 0 radical (unpaired) electrons. The number of nitrogens with zero attached hydrogens (tertiary/aromatic N) is 1. The van der Waals surface area contributed by atoms with Gasteiger partial charge in [0.1, 0.15) is 5.82 Å². The molecule has 3 nitrogen and oxygen atoms in total. The highest BCUT2D eigenvalue weighted by Gasteiger charge is 2.26. The Kier molecular flexibility index (Phi) is 4.54. The molecule has 1 aliphatic rings. The van der Waals surface area contributed by atoms with Gasteiger partial charge in [0.25, 0.3) is 0 Å². The summed E-state index contributed by atoms with van der Waals surface area (Å²) in [5, 5.41) is 4.24. The molecule has 0 amide bonds. The van der Waals surface area contributed by atoms with Gasteiger partial charge in [-0.3, -0.25) is 0 Å². The predicted octanol–water partition coefficient (Wildman–Crippen LogP) is 3.18. The number of pyridine rings is 1. The molecule has 0 saturated heterocycles. The topological polar surface area (TPSA) is 34.1 Å². The van der Waals surface area contributed by atoms with E-state index in [1.807, 2.05) is 36.9 Å². The minimum Gasteiger partial charge on any atom is -0.478 e. The van der Waals surface area contributed by atoms with Gasteiger partial charge in [-0.15, -0.1) is 0 Å². The first-order valence-corrected chi connectivity index (χ1v) is 7.51. The number of ether oxygens (including phenoxy) is 1. The first-order valence-electron chi connectivity index (χ1n) is 6.22. The summed E-state index contributed by atoms with van der Waals surface area (Å²) in [6.45, 7) is 2.63. The van der Waals surface area contributed by atoms with Gasteiger partial charge >= 0.3 is 0 Å². The van der Waals surface area contributed by atoms with Gasteiger partial charge in [0.2, 0.25) is 5.88 Å². The smallest absolute Gasteiger partial charge is 0.215 e. The summed E-state index contributed by atoms with van der Waals surface area (Å²) in [5.74, 6) is 1.64. The average Bonchev–Trinajstić information content (AvgIpc) is 2.77. The summed E-state index contributed by atoms with van der Waals surface area (Å²) in [6.07, 6.45) is 6.05. The van der Waals surface area contributed by atoms with Crippen molar-refractivity contribution in [3.63, 3.8) is 0 Å². The third-order valence-electron chi connectivity index (χ3n) is 3.10. The summed E-state index contributed by atoms with van der Waals surface area (Å²) in [5.41, 5.74) is 0. The summed E-state index contributed by atoms with van der Waals surface area (Å²) in [7, 11) is 0. The van der Waals surface area contributed by atoms with E-state index in [9.17, 15) is 0 Å². The number of nitrogens with one attached hydrogen (secondary N) is 1. The molecule has 4 heteroatoms. The maximum atomic E-state index is 5.41. The Morgan fingerprint density at radius 2 is 2.35 bits per heavy atom. The largest absolute Gasteiger partial charge is 0.478 e. The van der Waals surface area contributed by atoms with Crippen molar-refractivity contribution in [2.75, 3.05) is 18.2 Å². The summed E-state index contributed by atoms with van der Waals surface area (Å²) < 4.78 is 5.41. The van der Waals surface area contributed by atoms with Crippen LogP contribution >= 0.6 is 11.8 Å². The number of aromatic nitrogens is 1. The van der Waals surface area contributed by atoms with Gasteiger partial charge in [-0.05, 0) is 32.1 Å². The minimum atomic E-state index is 0.550. The molecule has 1 N–H and O–H groups in total. The monoisotopic (exact) mass is 252 g/mol. The van der Waals surface area contributed by atoms with E-state index in [0.717, 1.165) is 5.82 Å². The number of rotatable bonds is 5. The van der Waals surface area contributed by atoms with Gasteiger partial charge < -0.3 is 10.1 Å². The fourth-order valence-electron chi connectivity index (χ4n) is 2.29. The molecule has 0 bridgehead atoms. The quantitative estimate of drug-likeness (QED) is 0.872. The van der Waals surface area contributed by atoms with E-state index in [1.54, 1.807) is 0 Å². The van der Waals surface area contributed by atoms with Crippen LogP contribution in [0.15, 0.2) is 18.2 Å². The van der Waals surface area contributed by atoms with Crippen molar-refractivity contribution >= 4 is 17.6 Å². The van der Waals surface area contributed by atoms with Crippen LogP contribution in [0.3, 0.4) is 0 Å². The fourth-order valence-corrected chi connectivity index (χ4v) is 3.22. The lowest BCUT2D eigenvalue weighted by Crippen LogP contribution is -2.26. The molecule has 1 fully saturated rings. The molecular weight excluding hydrogens is 232 g/mol. The molecule has 0 aliphatic heterocycles. The SMILES string of the molecule is CCOc1cccc(NC2CCCC2SC)n1. The zero-order valence-corrected chi connectivity index (χ0v) is 11.3. The fraction of sp³-hybridized carbons (Fsp3) is 0.615. The Morgan fingerprint density at radius 3 is 3.12 bits per heavy atom. The lowest BCUT2D eigenvalue weighted by Gasteiger charge is -2.19. The van der Waals surface area contributed by atoms with Crippen LogP contribution in [0.2, 0.25) is 0 Å². The third kappa shape index (κ3) is 3.28. The van der Waals surface area contributed by atoms with Crippen molar-refractivity contribution in [2.24, 2.45) is 0 Å². The van der Waals surface area contributed by atoms with Crippen LogP contribution in [-0.4, -0.2) is 29.1 Å². The van der Waals surface area contributed by atoms with E-state index in [4.69, 9.17) is 4.74 Å². The van der Waals surface area contributed by atoms with E-state index < -0.39 is 0 Å². The number of anilines is 1. The molecule has 17 heavy (non-hydrogen) atoms. The molecule has 94 valence electrons. The standard InChI is InChI=1S/C13H20N2OS/c1-3-16-13-9-5-8-12(15-13)14-10-6-4-7-11(10)17-2/h5,8-11H,3-4,6-7H2,1-2H3,(H,14,15). The van der Waals surface area contributed by atoms with Gasteiger partial charge in [-0.1, -0.05) is 12.5 Å². The van der Waals surface area contributed by atoms with Gasteiger partial charge in [0.15, 0.2) is 0 Å². The molecule has 2 atom stereocenters. The Bertz CT molecular complexity index is 359. The van der Waals surface area contributed by atoms with Crippen LogP contribution in [0.4, 0.5) is 5.82 Å². The van der Waals surface area contributed by atoms with Crippen LogP contribution < -0.4 is 10.1 Å². The van der Waals surface area contributed by atoms with Crippen molar-refractivity contribution in [3.05, 3.63) is 18.2 Å². The van der Waals surface area contributed by atoms with Crippen molar-refractivity contribution < 1.29 is 4.74 Å². The van der Waals surface area contributed by atoms with Crippen molar-refractivity contribution in [1.29, 1.82) is 0 Å². The third-order valence-corrected chi connectivity index (χ3v) is 4.27. The number of hydrogen-bond acceptors (Lipinski definition) is 4. The van der Waals surface area contributed by atoms with Crippen molar-refractivity contribution in [3.8, 4) is 5.88 Å². The first-order chi connectivity index (χ1) is 8.33. The summed E-state index contributed by atoms with van der Waals surface area (Å²) >= 11 is 1.95. The highest BCUT2D eigenvalue weighted by Crippen LogP contribution is 2.30. The zero-order valence-electron chi connectivity index (χ0n) is 10.5. The Balaban J connectivity index is 2.00. The summed E-state index contributed by atoms with van der Waals surface area (Å²) in [6, 6.07) is 6.45. The van der Waals surface area contributed by atoms with Gasteiger partial charge in [-0.25, -0.2) is 0 Å². The maximum Gasteiger partial charge on any atom is 0.215 e. The number of hydrogen-bond donors (Lipinski definition) is 1.